The number of hydrogen-bond donors (Lipinski definition) is 2. The van der Waals surface area contributed by atoms with E-state index in [0.717, 1.165) is 31.0 Å². The summed E-state index contributed by atoms with van der Waals surface area (Å²) in [5.41, 5.74) is 0.0390. The highest BCUT2D eigenvalue weighted by molar-refractivity contribution is 5.44. The maximum absolute atomic E-state index is 5.55. The van der Waals surface area contributed by atoms with Crippen LogP contribution in [-0.2, 0) is 4.74 Å². The summed E-state index contributed by atoms with van der Waals surface area (Å²) in [4.78, 5) is 4.41. The molecule has 1 aliphatic carbocycles. The van der Waals surface area contributed by atoms with E-state index in [9.17, 15) is 0 Å². The topological polar surface area (TPSA) is 46.2 Å². The molecule has 0 atom stereocenters. The number of nitrogens with zero attached hydrogens (tertiary/aromatic N) is 1. The van der Waals surface area contributed by atoms with Crippen LogP contribution in [0.1, 0.15) is 19.3 Å². The van der Waals surface area contributed by atoms with Crippen molar-refractivity contribution in [2.75, 3.05) is 31.3 Å². The predicted molar refractivity (Wildman–Crippen MR) is 65.9 cm³/mol. The van der Waals surface area contributed by atoms with Crippen LogP contribution in [0, 0.1) is 0 Å². The molecule has 88 valence electrons. The van der Waals surface area contributed by atoms with Crippen LogP contribution in [0.25, 0.3) is 0 Å². The monoisotopic (exact) mass is 221 g/mol. The normalized spacial score (nSPS) is 17.6. The standard InChI is InChI=1S/C12H19N3O/c1-13-10-5-3-6-11(15-10)14-9-12(16-2)7-4-8-12/h3,5-6H,4,7-9H2,1-2H3,(H2,13,14,15). The van der Waals surface area contributed by atoms with E-state index in [2.05, 4.69) is 15.6 Å². The van der Waals surface area contributed by atoms with Crippen LogP contribution in [0.4, 0.5) is 11.6 Å². The zero-order valence-corrected chi connectivity index (χ0v) is 9.92. The van der Waals surface area contributed by atoms with Gasteiger partial charge in [-0.25, -0.2) is 4.98 Å². The lowest BCUT2D eigenvalue weighted by atomic mass is 9.80. The molecule has 1 aromatic heterocycles. The fourth-order valence-corrected chi connectivity index (χ4v) is 1.95. The number of ether oxygens (including phenoxy) is 1. The maximum atomic E-state index is 5.55. The Bertz CT molecular complexity index is 344. The van der Waals surface area contributed by atoms with Crippen molar-refractivity contribution in [2.45, 2.75) is 24.9 Å². The van der Waals surface area contributed by atoms with Gasteiger partial charge in [-0.3, -0.25) is 0 Å². The molecular weight excluding hydrogens is 202 g/mol. The highest BCUT2D eigenvalue weighted by atomic mass is 16.5. The third kappa shape index (κ3) is 2.27. The minimum absolute atomic E-state index is 0.0390. The smallest absolute Gasteiger partial charge is 0.128 e. The van der Waals surface area contributed by atoms with Gasteiger partial charge in [0.15, 0.2) is 0 Å². The first-order chi connectivity index (χ1) is 7.78. The zero-order chi connectivity index (χ0) is 11.4. The molecule has 0 saturated heterocycles. The lowest BCUT2D eigenvalue weighted by Gasteiger charge is -2.40. The van der Waals surface area contributed by atoms with E-state index in [1.165, 1.54) is 6.42 Å². The van der Waals surface area contributed by atoms with Crippen molar-refractivity contribution in [3.05, 3.63) is 18.2 Å². The van der Waals surface area contributed by atoms with Gasteiger partial charge in [0, 0.05) is 20.7 Å². The lowest BCUT2D eigenvalue weighted by Crippen LogP contribution is -2.45. The summed E-state index contributed by atoms with van der Waals surface area (Å²) in [6.45, 7) is 0.837. The first-order valence-corrected chi connectivity index (χ1v) is 5.72. The minimum atomic E-state index is 0.0390. The van der Waals surface area contributed by atoms with Gasteiger partial charge in [-0.1, -0.05) is 6.07 Å². The molecule has 4 heteroatoms. The van der Waals surface area contributed by atoms with E-state index in [1.807, 2.05) is 25.2 Å². The number of anilines is 2. The van der Waals surface area contributed by atoms with Crippen molar-refractivity contribution in [2.24, 2.45) is 0 Å². The van der Waals surface area contributed by atoms with Crippen LogP contribution in [0.3, 0.4) is 0 Å². The maximum Gasteiger partial charge on any atom is 0.128 e. The van der Waals surface area contributed by atoms with Crippen LogP contribution in [0.15, 0.2) is 18.2 Å². The van der Waals surface area contributed by atoms with E-state index in [-0.39, 0.29) is 5.60 Å². The van der Waals surface area contributed by atoms with Crippen molar-refractivity contribution in [1.82, 2.24) is 4.98 Å². The van der Waals surface area contributed by atoms with E-state index >= 15 is 0 Å². The molecule has 0 amide bonds. The first kappa shape index (κ1) is 11.2. The predicted octanol–water partition coefficient (Wildman–Crippen LogP) is 2.10. The first-order valence-electron chi connectivity index (χ1n) is 5.72. The van der Waals surface area contributed by atoms with Crippen molar-refractivity contribution in [1.29, 1.82) is 0 Å². The van der Waals surface area contributed by atoms with Crippen LogP contribution in [-0.4, -0.2) is 31.3 Å². The summed E-state index contributed by atoms with van der Waals surface area (Å²) in [6.07, 6.45) is 3.55. The van der Waals surface area contributed by atoms with Crippen molar-refractivity contribution in [3.8, 4) is 0 Å². The fourth-order valence-electron chi connectivity index (χ4n) is 1.95. The SMILES string of the molecule is CNc1cccc(NCC2(OC)CCC2)n1. The van der Waals surface area contributed by atoms with Gasteiger partial charge in [0.05, 0.1) is 5.60 Å². The molecule has 1 aliphatic rings. The summed E-state index contributed by atoms with van der Waals surface area (Å²) in [5, 5.41) is 6.36. The second-order valence-corrected chi connectivity index (χ2v) is 4.25. The largest absolute Gasteiger partial charge is 0.376 e. The van der Waals surface area contributed by atoms with Gasteiger partial charge in [0.25, 0.3) is 0 Å². The summed E-state index contributed by atoms with van der Waals surface area (Å²) < 4.78 is 5.55. The van der Waals surface area contributed by atoms with Gasteiger partial charge in [-0.05, 0) is 31.4 Å². The number of nitrogens with one attached hydrogen (secondary N) is 2. The highest BCUT2D eigenvalue weighted by Crippen LogP contribution is 2.34. The van der Waals surface area contributed by atoms with Crippen LogP contribution in [0.2, 0.25) is 0 Å². The quantitative estimate of drug-likeness (QED) is 0.799. The molecule has 0 bridgehead atoms. The van der Waals surface area contributed by atoms with E-state index in [4.69, 9.17) is 4.74 Å². The van der Waals surface area contributed by atoms with Gasteiger partial charge in [0.2, 0.25) is 0 Å². The number of aromatic nitrogens is 1. The van der Waals surface area contributed by atoms with Crippen LogP contribution in [0.5, 0.6) is 0 Å². The number of methoxy groups -OCH3 is 1. The molecule has 0 radical (unpaired) electrons. The Labute approximate surface area is 96.4 Å². The van der Waals surface area contributed by atoms with Crippen LogP contribution < -0.4 is 10.6 Å². The average molecular weight is 221 g/mol. The molecule has 1 aromatic rings. The third-order valence-electron chi connectivity index (χ3n) is 3.29. The average Bonchev–Trinajstić information content (AvgIpc) is 2.29. The summed E-state index contributed by atoms with van der Waals surface area (Å²) >= 11 is 0. The molecule has 1 fully saturated rings. The van der Waals surface area contributed by atoms with Gasteiger partial charge in [0.1, 0.15) is 11.6 Å². The van der Waals surface area contributed by atoms with E-state index < -0.39 is 0 Å². The van der Waals surface area contributed by atoms with Crippen molar-refractivity contribution >= 4 is 11.6 Å². The summed E-state index contributed by atoms with van der Waals surface area (Å²) in [6, 6.07) is 5.91. The van der Waals surface area contributed by atoms with E-state index in [1.54, 1.807) is 7.11 Å². The Kier molecular flexibility index (Phi) is 3.29. The molecule has 2 N–H and O–H groups in total. The molecule has 4 nitrogen and oxygen atoms in total. The number of hydrogen-bond acceptors (Lipinski definition) is 4. The molecule has 0 aliphatic heterocycles. The molecule has 16 heavy (non-hydrogen) atoms. The second kappa shape index (κ2) is 4.70. The lowest BCUT2D eigenvalue weighted by molar-refractivity contribution is -0.0601. The van der Waals surface area contributed by atoms with Gasteiger partial charge in [-0.15, -0.1) is 0 Å². The summed E-state index contributed by atoms with van der Waals surface area (Å²) in [7, 11) is 3.66. The Hall–Kier alpha value is -1.29. The molecule has 0 spiro atoms. The molecule has 2 rings (SSSR count). The highest BCUT2D eigenvalue weighted by Gasteiger charge is 2.36. The van der Waals surface area contributed by atoms with Gasteiger partial charge >= 0.3 is 0 Å². The second-order valence-electron chi connectivity index (χ2n) is 4.25. The Morgan fingerprint density at radius 3 is 2.69 bits per heavy atom. The fraction of sp³-hybridized carbons (Fsp3) is 0.583. The molecule has 1 saturated carbocycles. The molecule has 0 aromatic carbocycles. The Morgan fingerprint density at radius 1 is 1.38 bits per heavy atom. The van der Waals surface area contributed by atoms with Crippen LogP contribution >= 0.6 is 0 Å². The molecule has 1 heterocycles. The third-order valence-corrected chi connectivity index (χ3v) is 3.29. The Balaban J connectivity index is 1.93. The van der Waals surface area contributed by atoms with Gasteiger partial charge in [-0.2, -0.15) is 0 Å². The molecule has 0 unspecified atom stereocenters. The van der Waals surface area contributed by atoms with E-state index in [0.29, 0.717) is 0 Å². The summed E-state index contributed by atoms with van der Waals surface area (Å²) in [5.74, 6) is 1.78. The van der Waals surface area contributed by atoms with Crippen molar-refractivity contribution in [3.63, 3.8) is 0 Å². The van der Waals surface area contributed by atoms with Gasteiger partial charge < -0.3 is 15.4 Å². The number of rotatable bonds is 5. The minimum Gasteiger partial charge on any atom is -0.376 e. The number of pyridine rings is 1. The zero-order valence-electron chi connectivity index (χ0n) is 9.92. The Morgan fingerprint density at radius 2 is 2.12 bits per heavy atom. The molecular formula is C12H19N3O. The van der Waals surface area contributed by atoms with Crippen molar-refractivity contribution < 1.29 is 4.74 Å².